The molecule has 0 radical (unpaired) electrons. The highest BCUT2D eigenvalue weighted by atomic mass is 16.5. The summed E-state index contributed by atoms with van der Waals surface area (Å²) in [4.78, 5) is 0. The van der Waals surface area contributed by atoms with Crippen molar-refractivity contribution in [3.05, 3.63) is 176 Å². The molecule has 5 aromatic rings. The van der Waals surface area contributed by atoms with E-state index in [0.29, 0.717) is 6.61 Å². The molecular formula is C60H112O2. The molecule has 0 aliphatic rings. The number of hydrogen-bond donors (Lipinski definition) is 1. The van der Waals surface area contributed by atoms with Gasteiger partial charge in [-0.1, -0.05) is 355 Å². The van der Waals surface area contributed by atoms with E-state index in [1.54, 1.807) is 0 Å². The van der Waals surface area contributed by atoms with Crippen LogP contribution < -0.4 is 4.74 Å². The zero-order valence-corrected chi connectivity index (χ0v) is 45.8. The van der Waals surface area contributed by atoms with Crippen molar-refractivity contribution < 1.29 is 9.84 Å². The fraction of sp³-hybridized carbons (Fsp3) is 0.500. The Morgan fingerprint density at radius 2 is 0.435 bits per heavy atom. The van der Waals surface area contributed by atoms with E-state index in [0.717, 1.165) is 5.75 Å². The van der Waals surface area contributed by atoms with Crippen LogP contribution in [0, 0.1) is 0 Å². The summed E-state index contributed by atoms with van der Waals surface area (Å²) in [7, 11) is 0. The number of aliphatic hydroxyl groups is 1. The fourth-order valence-electron chi connectivity index (χ4n) is 2.72. The van der Waals surface area contributed by atoms with Crippen molar-refractivity contribution in [3.63, 3.8) is 0 Å². The minimum atomic E-state index is 0.0644. The lowest BCUT2D eigenvalue weighted by molar-refractivity contribution is 0.201. The first-order valence-electron chi connectivity index (χ1n) is 25.0. The van der Waals surface area contributed by atoms with E-state index >= 15 is 0 Å². The lowest BCUT2D eigenvalue weighted by Gasteiger charge is -2.01. The Morgan fingerprint density at radius 3 is 0.565 bits per heavy atom. The van der Waals surface area contributed by atoms with Gasteiger partial charge < -0.3 is 9.84 Å². The third kappa shape index (κ3) is 138. The molecule has 0 aromatic heterocycles. The third-order valence-corrected chi connectivity index (χ3v) is 4.73. The van der Waals surface area contributed by atoms with Gasteiger partial charge >= 0.3 is 0 Å². The van der Waals surface area contributed by atoms with Crippen LogP contribution >= 0.6 is 0 Å². The number of benzene rings is 5. The van der Waals surface area contributed by atoms with E-state index in [2.05, 4.69) is 41.5 Å². The van der Waals surface area contributed by atoms with E-state index in [1.807, 2.05) is 287 Å². The lowest BCUT2D eigenvalue weighted by atomic mass is 10.2. The summed E-state index contributed by atoms with van der Waals surface area (Å²) in [5.74, 6) is 0.802. The van der Waals surface area contributed by atoms with Crippen LogP contribution in [0.15, 0.2) is 176 Å². The van der Waals surface area contributed by atoms with Gasteiger partial charge in [-0.05, 0) is 12.1 Å². The predicted octanol–water partition coefficient (Wildman–Crippen LogP) is 21.4. The highest BCUT2D eigenvalue weighted by molar-refractivity contribution is 5.20. The van der Waals surface area contributed by atoms with Gasteiger partial charge in [-0.25, -0.2) is 0 Å². The molecule has 2 heteroatoms. The van der Waals surface area contributed by atoms with Crippen LogP contribution in [0.4, 0.5) is 0 Å². The first-order valence-corrected chi connectivity index (χ1v) is 25.0. The average molecular weight is 866 g/mol. The molecule has 0 fully saturated rings. The second-order valence-corrected chi connectivity index (χ2v) is 9.63. The molecule has 5 rings (SSSR count). The zero-order valence-electron chi connectivity index (χ0n) is 45.8. The van der Waals surface area contributed by atoms with Crippen LogP contribution in [-0.2, 0) is 0 Å². The lowest BCUT2D eigenvalue weighted by Crippen LogP contribution is -2.00. The second-order valence-electron chi connectivity index (χ2n) is 9.63. The largest absolute Gasteiger partial charge is 0.491 e. The van der Waals surface area contributed by atoms with E-state index in [9.17, 15) is 0 Å². The fourth-order valence-corrected chi connectivity index (χ4v) is 2.72. The molecule has 0 amide bonds. The van der Waals surface area contributed by atoms with Crippen molar-refractivity contribution in [2.45, 2.75) is 191 Å². The minimum absolute atomic E-state index is 0.0644. The smallest absolute Gasteiger partial charge is 0.119 e. The van der Waals surface area contributed by atoms with Gasteiger partial charge in [0.1, 0.15) is 12.4 Å². The summed E-state index contributed by atoms with van der Waals surface area (Å²) >= 11 is 0. The summed E-state index contributed by atoms with van der Waals surface area (Å²) in [6.45, 7) is 45.4. The number of hydrogen-bond acceptors (Lipinski definition) is 2. The van der Waals surface area contributed by atoms with E-state index in [1.165, 1.54) is 38.5 Å². The van der Waals surface area contributed by atoms with Crippen molar-refractivity contribution in [3.8, 4) is 5.75 Å². The van der Waals surface area contributed by atoms with Crippen molar-refractivity contribution in [2.24, 2.45) is 0 Å². The monoisotopic (exact) mass is 865 g/mol. The standard InChI is InChI=1S/C8H10O2.4C6H6.C6H14.2C3H8.8C2H6/c9-6-7-10-8-4-2-1-3-5-8;4*1-2-4-6-5-3-1;1-3-5-6-4-2;2*1-3-2;8*1-2/h1-5,9H,6-7H2;4*1-6H;3-6H2,1-2H3;2*3H2,1-2H3;8*1-2H3. The second kappa shape index (κ2) is 131. The maximum atomic E-state index is 8.40. The first-order chi connectivity index (χ1) is 30.7. The Labute approximate surface area is 394 Å². The van der Waals surface area contributed by atoms with Crippen LogP contribution in [0.1, 0.15) is 191 Å². The van der Waals surface area contributed by atoms with Crippen molar-refractivity contribution in [2.75, 3.05) is 13.2 Å². The molecule has 0 atom stereocenters. The topological polar surface area (TPSA) is 29.5 Å². The molecular weight excluding hydrogens is 753 g/mol. The summed E-state index contributed by atoms with van der Waals surface area (Å²) < 4.78 is 5.11. The number of aliphatic hydroxyl groups excluding tert-OH is 1. The van der Waals surface area contributed by atoms with Crippen LogP contribution in [0.25, 0.3) is 0 Å². The minimum Gasteiger partial charge on any atom is -0.491 e. The van der Waals surface area contributed by atoms with Crippen molar-refractivity contribution in [1.29, 1.82) is 0 Å². The SMILES string of the molecule is CC.CC.CC.CC.CC.CC.CC.CC.CCC.CCC.CCCCCC.OCCOc1ccccc1.c1ccccc1.c1ccccc1.c1ccccc1.c1ccccc1. The molecule has 364 valence electrons. The van der Waals surface area contributed by atoms with E-state index in [-0.39, 0.29) is 6.61 Å². The summed E-state index contributed by atoms with van der Waals surface area (Å²) in [5.41, 5.74) is 0. The van der Waals surface area contributed by atoms with Gasteiger partial charge in [0.25, 0.3) is 0 Å². The normalized spacial score (nSPS) is 6.82. The Balaban J connectivity index is -0.0000000516. The third-order valence-electron chi connectivity index (χ3n) is 4.73. The summed E-state index contributed by atoms with van der Waals surface area (Å²) in [6, 6.07) is 57.4. The maximum Gasteiger partial charge on any atom is 0.119 e. The molecule has 0 spiro atoms. The Kier molecular flexibility index (Phi) is 179. The van der Waals surface area contributed by atoms with Gasteiger partial charge in [0.05, 0.1) is 6.61 Å². The molecule has 62 heavy (non-hydrogen) atoms. The van der Waals surface area contributed by atoms with Crippen LogP contribution in [0.3, 0.4) is 0 Å². The molecule has 0 aliphatic heterocycles. The predicted molar refractivity (Wildman–Crippen MR) is 297 cm³/mol. The van der Waals surface area contributed by atoms with Gasteiger partial charge in [-0.2, -0.15) is 0 Å². The van der Waals surface area contributed by atoms with Crippen molar-refractivity contribution >= 4 is 0 Å². The van der Waals surface area contributed by atoms with Gasteiger partial charge in [0.15, 0.2) is 0 Å². The van der Waals surface area contributed by atoms with Gasteiger partial charge in [-0.15, -0.1) is 0 Å². The molecule has 0 saturated carbocycles. The van der Waals surface area contributed by atoms with Crippen LogP contribution in [0.5, 0.6) is 5.75 Å². The highest BCUT2D eigenvalue weighted by Gasteiger charge is 1.87. The zero-order chi connectivity index (χ0) is 50.4. The van der Waals surface area contributed by atoms with Crippen LogP contribution in [0.2, 0.25) is 0 Å². The molecule has 0 bridgehead atoms. The van der Waals surface area contributed by atoms with Crippen molar-refractivity contribution in [1.82, 2.24) is 0 Å². The number of ether oxygens (including phenoxy) is 1. The molecule has 0 unspecified atom stereocenters. The number of para-hydroxylation sites is 1. The first kappa shape index (κ1) is 85.2. The Hall–Kier alpha value is -4.14. The van der Waals surface area contributed by atoms with Gasteiger partial charge in [0.2, 0.25) is 0 Å². The highest BCUT2D eigenvalue weighted by Crippen LogP contribution is 2.07. The molecule has 5 aromatic carbocycles. The summed E-state index contributed by atoms with van der Waals surface area (Å²) in [5, 5.41) is 8.40. The van der Waals surface area contributed by atoms with Gasteiger partial charge in [-0.3, -0.25) is 0 Å². The Morgan fingerprint density at radius 1 is 0.290 bits per heavy atom. The summed E-state index contributed by atoms with van der Waals surface area (Å²) in [6.07, 6.45) is 8.04. The molecule has 2 nitrogen and oxygen atoms in total. The van der Waals surface area contributed by atoms with Gasteiger partial charge in [0, 0.05) is 0 Å². The Bertz CT molecular complexity index is 819. The molecule has 0 saturated heterocycles. The average Bonchev–Trinajstić information content (AvgIpc) is 3.41. The van der Waals surface area contributed by atoms with E-state index in [4.69, 9.17) is 9.84 Å². The quantitative estimate of drug-likeness (QED) is 0.172. The maximum absolute atomic E-state index is 8.40. The molecule has 1 N–H and O–H groups in total. The van der Waals surface area contributed by atoms with Crippen LogP contribution in [-0.4, -0.2) is 18.3 Å². The molecule has 0 aliphatic carbocycles. The number of rotatable bonds is 6. The van der Waals surface area contributed by atoms with E-state index < -0.39 is 0 Å². The molecule has 0 heterocycles. The number of unbranched alkanes of at least 4 members (excludes halogenated alkanes) is 3.